The maximum Gasteiger partial charge on any atom is 0.264 e. The highest BCUT2D eigenvalue weighted by atomic mass is 35.5. The van der Waals surface area contributed by atoms with E-state index in [2.05, 4.69) is 22.0 Å². The van der Waals surface area contributed by atoms with Crippen LogP contribution in [-0.4, -0.2) is 81.6 Å². The number of nitrogens with zero attached hydrogens (tertiary/aromatic N) is 2. The van der Waals surface area contributed by atoms with Crippen LogP contribution in [0.5, 0.6) is 0 Å². The summed E-state index contributed by atoms with van der Waals surface area (Å²) in [5, 5.41) is 2.97. The Labute approximate surface area is 207 Å². The molecule has 1 fully saturated rings. The topological polar surface area (TPSA) is 98.8 Å². The third-order valence-corrected chi connectivity index (χ3v) is 9.13. The first-order chi connectivity index (χ1) is 15.6. The quantitative estimate of drug-likeness (QED) is 0.595. The van der Waals surface area contributed by atoms with E-state index in [0.717, 1.165) is 32.2 Å². The Bertz CT molecular complexity index is 1120. The van der Waals surface area contributed by atoms with Crippen LogP contribution in [0.3, 0.4) is 0 Å². The lowest BCUT2D eigenvalue weighted by molar-refractivity contribution is 0.0737. The van der Waals surface area contributed by atoms with E-state index in [1.165, 1.54) is 33.1 Å². The molecule has 0 radical (unpaired) electrons. The lowest BCUT2D eigenvalue weighted by atomic mass is 10.1. The molecule has 33 heavy (non-hydrogen) atoms. The smallest absolute Gasteiger partial charge is 0.264 e. The summed E-state index contributed by atoms with van der Waals surface area (Å²) >= 11 is 8.66. The number of rotatable bonds is 6. The van der Waals surface area contributed by atoms with Crippen LogP contribution < -0.4 is 10.0 Å². The van der Waals surface area contributed by atoms with E-state index in [1.807, 2.05) is 6.07 Å². The van der Waals surface area contributed by atoms with Gasteiger partial charge in [0.05, 0.1) is 20.3 Å². The summed E-state index contributed by atoms with van der Waals surface area (Å²) in [5.41, 5.74) is 1.22. The van der Waals surface area contributed by atoms with E-state index in [9.17, 15) is 18.0 Å². The molecular weight excluding hydrogens is 504 g/mol. The Kier molecular flexibility index (Phi) is 7.47. The molecule has 0 aromatic carbocycles. The lowest BCUT2D eigenvalue weighted by Gasteiger charge is -2.24. The standard InChI is InChI=1S/C21H27ClN4O4S3/c1-25-7-5-13-9-18(31-16(13)6-8-25)21(28)26-12-14(10-15(26)11-23-33(2,29)30)24-20(27)17-3-4-19(22)32-17/h3-4,9,14-15,23H,5-8,10-12H2,1-2H3,(H,24,27). The summed E-state index contributed by atoms with van der Waals surface area (Å²) in [7, 11) is -1.31. The fraction of sp³-hybridized carbons (Fsp3) is 0.524. The van der Waals surface area contributed by atoms with Gasteiger partial charge in [0, 0.05) is 43.1 Å². The predicted molar refractivity (Wildman–Crippen MR) is 132 cm³/mol. The molecule has 2 amide bonds. The van der Waals surface area contributed by atoms with Gasteiger partial charge < -0.3 is 15.1 Å². The number of fused-ring (bicyclic) bond motifs is 1. The molecule has 180 valence electrons. The zero-order chi connectivity index (χ0) is 23.8. The van der Waals surface area contributed by atoms with Gasteiger partial charge in [0.15, 0.2) is 0 Å². The Morgan fingerprint density at radius 3 is 2.64 bits per heavy atom. The van der Waals surface area contributed by atoms with E-state index in [4.69, 9.17) is 11.6 Å². The minimum atomic E-state index is -3.41. The zero-order valence-corrected chi connectivity index (χ0v) is 21.7. The second-order valence-corrected chi connectivity index (χ2v) is 13.3. The molecule has 2 aliphatic heterocycles. The van der Waals surface area contributed by atoms with Gasteiger partial charge in [0.2, 0.25) is 10.0 Å². The van der Waals surface area contributed by atoms with Crippen molar-refractivity contribution in [1.29, 1.82) is 0 Å². The van der Waals surface area contributed by atoms with Crippen molar-refractivity contribution in [1.82, 2.24) is 19.8 Å². The zero-order valence-electron chi connectivity index (χ0n) is 18.5. The first-order valence-electron chi connectivity index (χ1n) is 10.7. The fourth-order valence-electron chi connectivity index (χ4n) is 4.26. The van der Waals surface area contributed by atoms with Crippen molar-refractivity contribution in [3.63, 3.8) is 0 Å². The summed E-state index contributed by atoms with van der Waals surface area (Å²) in [4.78, 5) is 32.5. The number of hydrogen-bond donors (Lipinski definition) is 2. The van der Waals surface area contributed by atoms with Crippen molar-refractivity contribution in [2.45, 2.75) is 31.3 Å². The van der Waals surface area contributed by atoms with E-state index >= 15 is 0 Å². The highest BCUT2D eigenvalue weighted by molar-refractivity contribution is 7.88. The second-order valence-electron chi connectivity index (χ2n) is 8.60. The number of nitrogens with one attached hydrogen (secondary N) is 2. The Morgan fingerprint density at radius 1 is 1.18 bits per heavy atom. The Morgan fingerprint density at radius 2 is 1.94 bits per heavy atom. The van der Waals surface area contributed by atoms with E-state index in [-0.39, 0.29) is 30.4 Å². The van der Waals surface area contributed by atoms with Crippen molar-refractivity contribution < 1.29 is 18.0 Å². The largest absolute Gasteiger partial charge is 0.347 e. The van der Waals surface area contributed by atoms with Gasteiger partial charge in [-0.2, -0.15) is 0 Å². The van der Waals surface area contributed by atoms with Gasteiger partial charge in [0.1, 0.15) is 0 Å². The maximum atomic E-state index is 13.5. The molecule has 2 aromatic heterocycles. The summed E-state index contributed by atoms with van der Waals surface area (Å²) in [5.74, 6) is -0.356. The number of likely N-dealkylation sites (tertiary alicyclic amines) is 1. The monoisotopic (exact) mass is 530 g/mol. The number of carbonyl (C=O) groups is 2. The minimum absolute atomic E-state index is 0.109. The number of carbonyl (C=O) groups excluding carboxylic acids is 2. The van der Waals surface area contributed by atoms with Crippen molar-refractivity contribution in [3.8, 4) is 0 Å². The van der Waals surface area contributed by atoms with Crippen LogP contribution in [0.25, 0.3) is 0 Å². The van der Waals surface area contributed by atoms with Gasteiger partial charge >= 0.3 is 0 Å². The molecule has 4 rings (SSSR count). The van der Waals surface area contributed by atoms with Gasteiger partial charge in [-0.25, -0.2) is 13.1 Å². The van der Waals surface area contributed by atoms with E-state index < -0.39 is 10.0 Å². The van der Waals surface area contributed by atoms with Crippen molar-refractivity contribution in [3.05, 3.63) is 42.7 Å². The summed E-state index contributed by atoms with van der Waals surface area (Å²) in [6.07, 6.45) is 3.40. The van der Waals surface area contributed by atoms with Crippen LogP contribution in [0.4, 0.5) is 0 Å². The number of thiophene rings is 2. The van der Waals surface area contributed by atoms with Crippen molar-refractivity contribution >= 4 is 56.1 Å². The van der Waals surface area contributed by atoms with Crippen LogP contribution >= 0.6 is 34.3 Å². The number of halogens is 1. The van der Waals surface area contributed by atoms with Crippen LogP contribution in [0.2, 0.25) is 4.34 Å². The predicted octanol–water partition coefficient (Wildman–Crippen LogP) is 2.06. The first kappa shape index (κ1) is 24.6. The Balaban J connectivity index is 1.50. The van der Waals surface area contributed by atoms with E-state index in [0.29, 0.717) is 27.1 Å². The third kappa shape index (κ3) is 6.14. The number of sulfonamides is 1. The number of amides is 2. The Hall–Kier alpha value is -1.50. The SMILES string of the molecule is CN1CCc2cc(C(=O)N3CC(NC(=O)c4ccc(Cl)s4)CC3CNS(C)(=O)=O)sc2CC1. The van der Waals surface area contributed by atoms with Crippen molar-refractivity contribution in [2.24, 2.45) is 0 Å². The van der Waals surface area contributed by atoms with Crippen molar-refractivity contribution in [2.75, 3.05) is 39.5 Å². The fourth-order valence-corrected chi connectivity index (χ4v) is 6.85. The average molecular weight is 531 g/mol. The molecule has 0 bridgehead atoms. The van der Waals surface area contributed by atoms with Gasteiger partial charge in [-0.05, 0) is 50.1 Å². The van der Waals surface area contributed by atoms with Crippen LogP contribution in [0.15, 0.2) is 18.2 Å². The van der Waals surface area contributed by atoms with Gasteiger partial charge in [-0.1, -0.05) is 11.6 Å². The van der Waals surface area contributed by atoms with Gasteiger partial charge in [-0.15, -0.1) is 22.7 Å². The maximum absolute atomic E-state index is 13.5. The van der Waals surface area contributed by atoms with Gasteiger partial charge in [0.25, 0.3) is 11.8 Å². The van der Waals surface area contributed by atoms with Crippen LogP contribution in [-0.2, 0) is 22.9 Å². The summed E-state index contributed by atoms with van der Waals surface area (Å²) < 4.78 is 26.4. The highest BCUT2D eigenvalue weighted by Crippen LogP contribution is 2.30. The molecule has 12 heteroatoms. The molecule has 4 heterocycles. The minimum Gasteiger partial charge on any atom is -0.347 e. The average Bonchev–Trinajstić information content (AvgIpc) is 3.44. The molecule has 0 aliphatic carbocycles. The highest BCUT2D eigenvalue weighted by Gasteiger charge is 2.37. The number of likely N-dealkylation sites (N-methyl/N-ethyl adjacent to an activating group) is 1. The summed E-state index contributed by atoms with van der Waals surface area (Å²) in [6.45, 7) is 2.36. The second kappa shape index (κ2) is 10.0. The number of hydrogen-bond acceptors (Lipinski definition) is 7. The first-order valence-corrected chi connectivity index (χ1v) is 14.6. The van der Waals surface area contributed by atoms with E-state index in [1.54, 1.807) is 17.0 Å². The molecule has 2 N–H and O–H groups in total. The molecule has 2 aliphatic rings. The molecule has 0 spiro atoms. The third-order valence-electron chi connectivity index (χ3n) is 5.98. The molecule has 8 nitrogen and oxygen atoms in total. The van der Waals surface area contributed by atoms with Crippen LogP contribution in [0, 0.1) is 0 Å². The molecule has 2 unspecified atom stereocenters. The molecule has 1 saturated heterocycles. The van der Waals surface area contributed by atoms with Crippen LogP contribution in [0.1, 0.15) is 36.2 Å². The normalized spacial score (nSPS) is 21.6. The summed E-state index contributed by atoms with van der Waals surface area (Å²) in [6, 6.07) is 4.70. The molecule has 2 atom stereocenters. The molecular formula is C21H27ClN4O4S3. The lowest BCUT2D eigenvalue weighted by Crippen LogP contribution is -2.43. The molecule has 0 saturated carbocycles. The van der Waals surface area contributed by atoms with Gasteiger partial charge in [-0.3, -0.25) is 9.59 Å². The molecule has 2 aromatic rings.